The van der Waals surface area contributed by atoms with Gasteiger partial charge in [-0.1, -0.05) is 30.3 Å². The van der Waals surface area contributed by atoms with E-state index in [0.717, 1.165) is 45.9 Å². The van der Waals surface area contributed by atoms with E-state index in [2.05, 4.69) is 20.0 Å². The Labute approximate surface area is 205 Å². The van der Waals surface area contributed by atoms with E-state index in [-0.39, 0.29) is 25.4 Å². The van der Waals surface area contributed by atoms with Crippen molar-refractivity contribution in [1.82, 2.24) is 20.0 Å². The molecule has 4 aromatic rings. The van der Waals surface area contributed by atoms with E-state index >= 15 is 0 Å². The van der Waals surface area contributed by atoms with Crippen LogP contribution in [0.3, 0.4) is 0 Å². The summed E-state index contributed by atoms with van der Waals surface area (Å²) in [5.41, 5.74) is 2.73. The number of halogens is 3. The van der Waals surface area contributed by atoms with Crippen LogP contribution in [0.15, 0.2) is 78.0 Å². The van der Waals surface area contributed by atoms with Gasteiger partial charge in [0.25, 0.3) is 0 Å². The van der Waals surface area contributed by atoms with Gasteiger partial charge in [-0.05, 0) is 47.9 Å². The normalized spacial score (nSPS) is 12.1. The standard InChI is InChI=1S/C25H23F3N4O3S/c26-25(27,28)21-2-1-3-22(15-21)36(34,35)32-13-12-29-23(33)9-6-17-4-7-18(8-5-17)20-14-19-10-11-30-24(19)31-16-20/h1-5,7-8,10-11,14-16,32H,6,9,12-13H2,(H,29,33)(H,30,31). The molecule has 0 spiro atoms. The zero-order valence-electron chi connectivity index (χ0n) is 19.0. The van der Waals surface area contributed by atoms with Crippen molar-refractivity contribution >= 4 is 27.0 Å². The minimum atomic E-state index is -4.64. The molecule has 2 heterocycles. The maximum absolute atomic E-state index is 12.8. The highest BCUT2D eigenvalue weighted by Crippen LogP contribution is 2.30. The highest BCUT2D eigenvalue weighted by molar-refractivity contribution is 7.89. The van der Waals surface area contributed by atoms with Gasteiger partial charge < -0.3 is 10.3 Å². The third-order valence-electron chi connectivity index (χ3n) is 5.54. The molecule has 0 aliphatic rings. The second-order valence-electron chi connectivity index (χ2n) is 8.11. The first-order valence-corrected chi connectivity index (χ1v) is 12.6. The van der Waals surface area contributed by atoms with Crippen LogP contribution in [0.4, 0.5) is 13.2 Å². The van der Waals surface area contributed by atoms with E-state index in [1.165, 1.54) is 0 Å². The molecule has 0 aliphatic carbocycles. The molecule has 0 radical (unpaired) electrons. The number of hydrogen-bond donors (Lipinski definition) is 3. The SMILES string of the molecule is O=C(CCc1ccc(-c2cnc3[nH]ccc3c2)cc1)NCCNS(=O)(=O)c1cccc(C(F)(F)F)c1. The molecule has 0 atom stereocenters. The molecule has 7 nitrogen and oxygen atoms in total. The summed E-state index contributed by atoms with van der Waals surface area (Å²) in [6.45, 7) is -0.150. The Morgan fingerprint density at radius 1 is 0.972 bits per heavy atom. The molecule has 0 aliphatic heterocycles. The van der Waals surface area contributed by atoms with Crippen molar-refractivity contribution in [2.45, 2.75) is 23.9 Å². The molecule has 11 heteroatoms. The second-order valence-corrected chi connectivity index (χ2v) is 9.88. The van der Waals surface area contributed by atoms with Gasteiger partial charge >= 0.3 is 6.18 Å². The Kier molecular flexibility index (Phi) is 7.41. The molecule has 0 fully saturated rings. The van der Waals surface area contributed by atoms with Crippen molar-refractivity contribution in [2.24, 2.45) is 0 Å². The number of aryl methyl sites for hydroxylation is 1. The Morgan fingerprint density at radius 2 is 1.75 bits per heavy atom. The minimum Gasteiger partial charge on any atom is -0.355 e. The van der Waals surface area contributed by atoms with E-state index in [1.54, 1.807) is 6.20 Å². The Bertz CT molecular complexity index is 1470. The number of amides is 1. The maximum atomic E-state index is 12.8. The number of fused-ring (bicyclic) bond motifs is 1. The molecule has 188 valence electrons. The molecule has 2 aromatic carbocycles. The van der Waals surface area contributed by atoms with Gasteiger partial charge in [-0.25, -0.2) is 18.1 Å². The smallest absolute Gasteiger partial charge is 0.355 e. The number of H-pyrrole nitrogens is 1. The van der Waals surface area contributed by atoms with Crippen LogP contribution in [0.5, 0.6) is 0 Å². The van der Waals surface area contributed by atoms with Crippen LogP contribution in [-0.2, 0) is 27.4 Å². The number of carbonyl (C=O) groups excluding carboxylic acids is 1. The van der Waals surface area contributed by atoms with Crippen LogP contribution >= 0.6 is 0 Å². The number of benzene rings is 2. The summed E-state index contributed by atoms with van der Waals surface area (Å²) in [5.74, 6) is -0.264. The quantitative estimate of drug-likeness (QED) is 0.289. The van der Waals surface area contributed by atoms with Crippen LogP contribution in [0, 0.1) is 0 Å². The summed E-state index contributed by atoms with van der Waals surface area (Å²) in [6.07, 6.45) is -0.314. The van der Waals surface area contributed by atoms with Crippen LogP contribution in [0.25, 0.3) is 22.2 Å². The first kappa shape index (κ1) is 25.4. The van der Waals surface area contributed by atoms with E-state index in [9.17, 15) is 26.4 Å². The lowest BCUT2D eigenvalue weighted by Crippen LogP contribution is -2.34. The number of aromatic nitrogens is 2. The Morgan fingerprint density at radius 3 is 2.50 bits per heavy atom. The molecular formula is C25H23F3N4O3S. The summed E-state index contributed by atoms with van der Waals surface area (Å²) < 4.78 is 65.2. The molecule has 0 unspecified atom stereocenters. The second kappa shape index (κ2) is 10.5. The van der Waals surface area contributed by atoms with Gasteiger partial charge in [0.2, 0.25) is 15.9 Å². The number of nitrogens with one attached hydrogen (secondary N) is 3. The summed E-state index contributed by atoms with van der Waals surface area (Å²) >= 11 is 0. The van der Waals surface area contributed by atoms with Crippen molar-refractivity contribution in [1.29, 1.82) is 0 Å². The van der Waals surface area contributed by atoms with Crippen LogP contribution in [-0.4, -0.2) is 37.4 Å². The van der Waals surface area contributed by atoms with Crippen LogP contribution < -0.4 is 10.0 Å². The van der Waals surface area contributed by atoms with E-state index in [4.69, 9.17) is 0 Å². The van der Waals surface area contributed by atoms with E-state index in [0.29, 0.717) is 12.5 Å². The van der Waals surface area contributed by atoms with Gasteiger partial charge in [0.1, 0.15) is 5.65 Å². The highest BCUT2D eigenvalue weighted by Gasteiger charge is 2.31. The number of rotatable bonds is 9. The first-order valence-electron chi connectivity index (χ1n) is 11.1. The number of aromatic amines is 1. The minimum absolute atomic E-state index is 0.00456. The van der Waals surface area contributed by atoms with Crippen LogP contribution in [0.1, 0.15) is 17.5 Å². The first-order chi connectivity index (χ1) is 17.1. The Hall–Kier alpha value is -3.70. The largest absolute Gasteiger partial charge is 0.416 e. The van der Waals surface area contributed by atoms with E-state index in [1.807, 2.05) is 42.6 Å². The predicted octanol–water partition coefficient (Wildman–Crippen LogP) is 4.28. The molecule has 36 heavy (non-hydrogen) atoms. The summed E-state index contributed by atoms with van der Waals surface area (Å²) in [7, 11) is -4.14. The van der Waals surface area contributed by atoms with Gasteiger partial charge in [-0.3, -0.25) is 4.79 Å². The summed E-state index contributed by atoms with van der Waals surface area (Å²) in [5, 5.41) is 3.63. The topological polar surface area (TPSA) is 104 Å². The summed E-state index contributed by atoms with van der Waals surface area (Å²) in [6, 6.07) is 15.3. The molecule has 0 saturated heterocycles. The molecule has 4 rings (SSSR count). The fraction of sp³-hybridized carbons (Fsp3) is 0.200. The van der Waals surface area contributed by atoms with Gasteiger partial charge in [0.05, 0.1) is 10.5 Å². The lowest BCUT2D eigenvalue weighted by atomic mass is 10.0. The predicted molar refractivity (Wildman–Crippen MR) is 129 cm³/mol. The van der Waals surface area contributed by atoms with Gasteiger partial charge in [-0.2, -0.15) is 13.2 Å². The molecular weight excluding hydrogens is 493 g/mol. The van der Waals surface area contributed by atoms with Crippen molar-refractivity contribution in [3.63, 3.8) is 0 Å². The van der Waals surface area contributed by atoms with Gasteiger partial charge in [0, 0.05) is 42.9 Å². The highest BCUT2D eigenvalue weighted by atomic mass is 32.2. The van der Waals surface area contributed by atoms with E-state index < -0.39 is 26.7 Å². The molecule has 0 saturated carbocycles. The van der Waals surface area contributed by atoms with Crippen molar-refractivity contribution < 1.29 is 26.4 Å². The average Bonchev–Trinajstić information content (AvgIpc) is 3.33. The zero-order valence-corrected chi connectivity index (χ0v) is 19.8. The number of pyridine rings is 1. The lowest BCUT2D eigenvalue weighted by Gasteiger charge is -2.11. The zero-order chi connectivity index (χ0) is 25.8. The number of sulfonamides is 1. The third kappa shape index (κ3) is 6.29. The Balaban J connectivity index is 1.22. The fourth-order valence-electron chi connectivity index (χ4n) is 3.62. The van der Waals surface area contributed by atoms with Crippen molar-refractivity contribution in [3.05, 3.63) is 84.2 Å². The monoisotopic (exact) mass is 516 g/mol. The molecule has 0 bridgehead atoms. The number of alkyl halides is 3. The van der Waals surface area contributed by atoms with Crippen molar-refractivity contribution in [2.75, 3.05) is 13.1 Å². The third-order valence-corrected chi connectivity index (χ3v) is 7.00. The van der Waals surface area contributed by atoms with Crippen molar-refractivity contribution in [3.8, 4) is 11.1 Å². The fourth-order valence-corrected chi connectivity index (χ4v) is 4.70. The number of carbonyl (C=O) groups is 1. The molecule has 1 amide bonds. The average molecular weight is 517 g/mol. The lowest BCUT2D eigenvalue weighted by molar-refractivity contribution is -0.137. The van der Waals surface area contributed by atoms with Crippen LogP contribution in [0.2, 0.25) is 0 Å². The maximum Gasteiger partial charge on any atom is 0.416 e. The van der Waals surface area contributed by atoms with Gasteiger partial charge in [0.15, 0.2) is 0 Å². The summed E-state index contributed by atoms with van der Waals surface area (Å²) in [4.78, 5) is 19.1. The number of nitrogens with zero attached hydrogens (tertiary/aromatic N) is 1. The molecule has 2 aromatic heterocycles. The number of hydrogen-bond acceptors (Lipinski definition) is 4. The molecule has 3 N–H and O–H groups in total. The van der Waals surface area contributed by atoms with Gasteiger partial charge in [-0.15, -0.1) is 0 Å².